The van der Waals surface area contributed by atoms with Crippen molar-refractivity contribution in [3.8, 4) is 0 Å². The normalized spacial score (nSPS) is 12.5. The van der Waals surface area contributed by atoms with E-state index in [4.69, 9.17) is 0 Å². The molecule has 1 rings (SSSR count). The van der Waals surface area contributed by atoms with Crippen LogP contribution in [0.1, 0.15) is 12.0 Å². The van der Waals surface area contributed by atoms with Crippen molar-refractivity contribution < 1.29 is 8.78 Å². The molecule has 0 aliphatic carbocycles. The highest BCUT2D eigenvalue weighted by Crippen LogP contribution is 2.23. The van der Waals surface area contributed by atoms with E-state index in [1.807, 2.05) is 0 Å². The minimum atomic E-state index is -0.524. The Hall–Kier alpha value is -0.740. The van der Waals surface area contributed by atoms with Crippen LogP contribution in [0.15, 0.2) is 29.3 Å². The molecule has 0 heterocycles. The molecule has 0 amide bonds. The number of nitrogens with one attached hydrogen (secondary N) is 1. The average Bonchev–Trinajstić information content (AvgIpc) is 2.28. The van der Waals surface area contributed by atoms with Crippen LogP contribution in [0.5, 0.6) is 0 Å². The lowest BCUT2D eigenvalue weighted by molar-refractivity contribution is 0.504. The zero-order valence-corrected chi connectivity index (χ0v) is 10.7. The van der Waals surface area contributed by atoms with Gasteiger partial charge in [0.05, 0.1) is 4.47 Å². The molecule has 0 bridgehead atoms. The van der Waals surface area contributed by atoms with Gasteiger partial charge >= 0.3 is 0 Å². The van der Waals surface area contributed by atoms with Gasteiger partial charge in [0.1, 0.15) is 11.6 Å². The topological polar surface area (TPSA) is 12.0 Å². The molecule has 0 aromatic heterocycles. The quantitative estimate of drug-likeness (QED) is 0.647. The predicted octanol–water partition coefficient (Wildman–Crippen LogP) is 3.43. The van der Waals surface area contributed by atoms with E-state index < -0.39 is 11.6 Å². The maximum absolute atomic E-state index is 13.7. The molecule has 0 spiro atoms. The highest BCUT2D eigenvalue weighted by Gasteiger charge is 2.15. The minimum absolute atomic E-state index is 0.00389. The number of likely N-dealkylation sites (N-methyl/N-ethyl adjacent to an activating group) is 1. The third-order valence-electron chi connectivity index (χ3n) is 2.45. The molecule has 1 aromatic carbocycles. The van der Waals surface area contributed by atoms with Crippen LogP contribution in [0.3, 0.4) is 0 Å². The average molecular weight is 290 g/mol. The third-order valence-corrected chi connectivity index (χ3v) is 3.06. The first-order valence-corrected chi connectivity index (χ1v) is 5.80. The SMILES string of the molecule is C=CCC(Cc1c(F)ccc(Br)c1F)NC. The highest BCUT2D eigenvalue weighted by molar-refractivity contribution is 9.10. The summed E-state index contributed by atoms with van der Waals surface area (Å²) in [6, 6.07) is 2.63. The van der Waals surface area contributed by atoms with Gasteiger partial charge in [-0.3, -0.25) is 0 Å². The first-order valence-electron chi connectivity index (χ1n) is 5.00. The van der Waals surface area contributed by atoms with Crippen molar-refractivity contribution in [3.63, 3.8) is 0 Å². The van der Waals surface area contributed by atoms with E-state index in [0.29, 0.717) is 12.8 Å². The van der Waals surface area contributed by atoms with Crippen molar-refractivity contribution >= 4 is 15.9 Å². The Morgan fingerprint density at radius 3 is 2.75 bits per heavy atom. The monoisotopic (exact) mass is 289 g/mol. The Bertz CT molecular complexity index is 380. The van der Waals surface area contributed by atoms with Crippen molar-refractivity contribution in [2.45, 2.75) is 18.9 Å². The number of halogens is 3. The molecule has 0 aliphatic heterocycles. The summed E-state index contributed by atoms with van der Waals surface area (Å²) in [7, 11) is 1.77. The maximum Gasteiger partial charge on any atom is 0.143 e. The first kappa shape index (κ1) is 13.3. The molecular formula is C12H14BrF2N. The molecule has 0 fully saturated rings. The summed E-state index contributed by atoms with van der Waals surface area (Å²) in [4.78, 5) is 0. The molecule has 4 heteroatoms. The van der Waals surface area contributed by atoms with E-state index in [0.717, 1.165) is 0 Å². The van der Waals surface area contributed by atoms with Crippen LogP contribution in [-0.2, 0) is 6.42 Å². The Balaban J connectivity index is 2.94. The zero-order chi connectivity index (χ0) is 12.1. The fourth-order valence-electron chi connectivity index (χ4n) is 1.51. The van der Waals surface area contributed by atoms with Crippen molar-refractivity contribution in [1.29, 1.82) is 0 Å². The second-order valence-corrected chi connectivity index (χ2v) is 4.39. The van der Waals surface area contributed by atoms with Gasteiger partial charge in [-0.1, -0.05) is 6.08 Å². The Kier molecular flexibility index (Phi) is 5.09. The number of hydrogen-bond acceptors (Lipinski definition) is 1. The van der Waals surface area contributed by atoms with Crippen LogP contribution >= 0.6 is 15.9 Å². The summed E-state index contributed by atoms with van der Waals surface area (Å²) >= 11 is 3.05. The van der Waals surface area contributed by atoms with Crippen LogP contribution in [-0.4, -0.2) is 13.1 Å². The molecule has 1 aromatic rings. The second-order valence-electron chi connectivity index (χ2n) is 3.54. The molecule has 16 heavy (non-hydrogen) atoms. The molecule has 1 nitrogen and oxygen atoms in total. The number of benzene rings is 1. The van der Waals surface area contributed by atoms with E-state index >= 15 is 0 Å². The summed E-state index contributed by atoms with van der Waals surface area (Å²) in [5.74, 6) is -1.03. The van der Waals surface area contributed by atoms with Crippen LogP contribution in [0.2, 0.25) is 0 Å². The summed E-state index contributed by atoms with van der Waals surface area (Å²) in [6.45, 7) is 3.62. The molecule has 0 aliphatic rings. The van der Waals surface area contributed by atoms with E-state index in [9.17, 15) is 8.78 Å². The van der Waals surface area contributed by atoms with Gasteiger partial charge in [-0.25, -0.2) is 8.78 Å². The molecule has 88 valence electrons. The smallest absolute Gasteiger partial charge is 0.143 e. The molecule has 1 atom stereocenters. The van der Waals surface area contributed by atoms with Gasteiger partial charge < -0.3 is 5.32 Å². The van der Waals surface area contributed by atoms with Gasteiger partial charge in [-0.15, -0.1) is 6.58 Å². The highest BCUT2D eigenvalue weighted by atomic mass is 79.9. The Morgan fingerprint density at radius 2 is 2.19 bits per heavy atom. The van der Waals surface area contributed by atoms with E-state index in [2.05, 4.69) is 27.8 Å². The van der Waals surface area contributed by atoms with Gasteiger partial charge in [-0.2, -0.15) is 0 Å². The van der Waals surface area contributed by atoms with Crippen molar-refractivity contribution in [2.24, 2.45) is 0 Å². The van der Waals surface area contributed by atoms with Crippen molar-refractivity contribution in [1.82, 2.24) is 5.32 Å². The summed E-state index contributed by atoms with van der Waals surface area (Å²) < 4.78 is 27.4. The molecular weight excluding hydrogens is 276 g/mol. The van der Waals surface area contributed by atoms with Crippen LogP contribution in [0.25, 0.3) is 0 Å². The van der Waals surface area contributed by atoms with Gasteiger partial charge in [0.25, 0.3) is 0 Å². The minimum Gasteiger partial charge on any atom is -0.316 e. The van der Waals surface area contributed by atoms with Gasteiger partial charge in [-0.05, 0) is 48.0 Å². The van der Waals surface area contributed by atoms with Crippen molar-refractivity contribution in [3.05, 3.63) is 46.5 Å². The molecule has 1 N–H and O–H groups in total. The van der Waals surface area contributed by atoms with Gasteiger partial charge in [0, 0.05) is 11.6 Å². The number of hydrogen-bond donors (Lipinski definition) is 1. The summed E-state index contributed by atoms with van der Waals surface area (Å²) in [5, 5.41) is 3.01. The zero-order valence-electron chi connectivity index (χ0n) is 9.06. The second kappa shape index (κ2) is 6.11. The lowest BCUT2D eigenvalue weighted by Gasteiger charge is -2.15. The summed E-state index contributed by atoms with van der Waals surface area (Å²) in [6.07, 6.45) is 2.70. The van der Waals surface area contributed by atoms with E-state index in [-0.39, 0.29) is 16.1 Å². The standard InChI is InChI=1S/C12H14BrF2N/c1-3-4-8(16-2)7-9-11(14)6-5-10(13)12(9)15/h3,5-6,8,16H,1,4,7H2,2H3. The van der Waals surface area contributed by atoms with Crippen LogP contribution < -0.4 is 5.32 Å². The molecule has 0 radical (unpaired) electrons. The molecule has 1 unspecified atom stereocenters. The van der Waals surface area contributed by atoms with Crippen LogP contribution in [0.4, 0.5) is 8.78 Å². The fraction of sp³-hybridized carbons (Fsp3) is 0.333. The first-order chi connectivity index (χ1) is 7.60. The van der Waals surface area contributed by atoms with Gasteiger partial charge in [0.2, 0.25) is 0 Å². The summed E-state index contributed by atoms with van der Waals surface area (Å²) in [5.41, 5.74) is 0.107. The Morgan fingerprint density at radius 1 is 1.50 bits per heavy atom. The van der Waals surface area contributed by atoms with Gasteiger partial charge in [0.15, 0.2) is 0 Å². The predicted molar refractivity (Wildman–Crippen MR) is 65.4 cm³/mol. The van der Waals surface area contributed by atoms with Crippen molar-refractivity contribution in [2.75, 3.05) is 7.05 Å². The lowest BCUT2D eigenvalue weighted by Crippen LogP contribution is -2.27. The molecule has 0 saturated heterocycles. The third kappa shape index (κ3) is 3.12. The Labute approximate surface area is 103 Å². The lowest BCUT2D eigenvalue weighted by atomic mass is 10.0. The largest absolute Gasteiger partial charge is 0.316 e. The molecule has 0 saturated carbocycles. The van der Waals surface area contributed by atoms with Crippen LogP contribution in [0, 0.1) is 11.6 Å². The van der Waals surface area contributed by atoms with E-state index in [1.165, 1.54) is 12.1 Å². The number of rotatable bonds is 5. The maximum atomic E-state index is 13.7. The fourth-order valence-corrected chi connectivity index (χ4v) is 1.88. The van der Waals surface area contributed by atoms with E-state index in [1.54, 1.807) is 13.1 Å².